The molecule has 0 radical (unpaired) electrons. The Labute approximate surface area is 137 Å². The molecule has 2 aliphatic rings. The zero-order valence-electron chi connectivity index (χ0n) is 12.7. The molecule has 2 unspecified atom stereocenters. The summed E-state index contributed by atoms with van der Waals surface area (Å²) in [5.74, 6) is -0.146. The minimum Gasteiger partial charge on any atom is -0.381 e. The molecule has 2 aromatic rings. The largest absolute Gasteiger partial charge is 0.381 e. The average Bonchev–Trinajstić information content (AvgIpc) is 3.28. The number of hydrogen-bond donors (Lipinski definition) is 0. The van der Waals surface area contributed by atoms with Crippen molar-refractivity contribution in [3.63, 3.8) is 0 Å². The summed E-state index contributed by atoms with van der Waals surface area (Å²) in [6, 6.07) is 6.60. The van der Waals surface area contributed by atoms with Crippen molar-refractivity contribution in [3.8, 4) is 0 Å². The van der Waals surface area contributed by atoms with E-state index in [2.05, 4.69) is 4.98 Å². The van der Waals surface area contributed by atoms with E-state index in [0.717, 1.165) is 23.7 Å². The van der Waals surface area contributed by atoms with Gasteiger partial charge in [-0.3, -0.25) is 14.5 Å². The molecule has 1 aromatic heterocycles. The molecular formula is C17H16N2O3S. The van der Waals surface area contributed by atoms with Gasteiger partial charge in [-0.25, -0.2) is 4.98 Å². The van der Waals surface area contributed by atoms with Gasteiger partial charge in [0, 0.05) is 17.9 Å². The highest BCUT2D eigenvalue weighted by Crippen LogP contribution is 2.34. The fourth-order valence-corrected chi connectivity index (χ4v) is 4.07. The van der Waals surface area contributed by atoms with Crippen LogP contribution >= 0.6 is 11.3 Å². The Bertz CT molecular complexity index is 745. The second kappa shape index (κ2) is 5.54. The van der Waals surface area contributed by atoms with Gasteiger partial charge in [0.05, 0.1) is 29.5 Å². The predicted molar refractivity (Wildman–Crippen MR) is 85.6 cm³/mol. The van der Waals surface area contributed by atoms with Crippen molar-refractivity contribution in [2.45, 2.75) is 25.3 Å². The number of ether oxygens (including phenoxy) is 1. The Hall–Kier alpha value is -2.05. The fourth-order valence-electron chi connectivity index (χ4n) is 3.12. The number of hydrogen-bond acceptors (Lipinski definition) is 5. The van der Waals surface area contributed by atoms with Crippen molar-refractivity contribution in [1.82, 2.24) is 9.88 Å². The van der Waals surface area contributed by atoms with E-state index >= 15 is 0 Å². The van der Waals surface area contributed by atoms with Crippen molar-refractivity contribution in [2.75, 3.05) is 13.2 Å². The molecule has 0 N–H and O–H groups in total. The number of carbonyl (C=O) groups excluding carboxylic acids is 2. The molecule has 3 heterocycles. The van der Waals surface area contributed by atoms with Gasteiger partial charge in [0.1, 0.15) is 5.01 Å². The number of fused-ring (bicyclic) bond motifs is 1. The monoisotopic (exact) mass is 328 g/mol. The van der Waals surface area contributed by atoms with Crippen LogP contribution in [-0.2, 0) is 4.74 Å². The second-order valence-corrected chi connectivity index (χ2v) is 6.76. The maximum Gasteiger partial charge on any atom is 0.262 e. The van der Waals surface area contributed by atoms with Gasteiger partial charge in [0.15, 0.2) is 0 Å². The summed E-state index contributed by atoms with van der Waals surface area (Å²) in [4.78, 5) is 31.1. The third-order valence-electron chi connectivity index (χ3n) is 4.46. The summed E-state index contributed by atoms with van der Waals surface area (Å²) >= 11 is 1.50. The van der Waals surface area contributed by atoms with Crippen LogP contribution in [0.15, 0.2) is 29.6 Å². The SMILES string of the molecule is CC(c1nc(C2CCOC2)cs1)N1C(=O)c2ccccc2C1=O. The average molecular weight is 328 g/mol. The summed E-state index contributed by atoms with van der Waals surface area (Å²) in [5, 5.41) is 2.81. The van der Waals surface area contributed by atoms with Gasteiger partial charge >= 0.3 is 0 Å². The predicted octanol–water partition coefficient (Wildman–Crippen LogP) is 3.00. The van der Waals surface area contributed by atoms with Gasteiger partial charge in [0.2, 0.25) is 0 Å². The lowest BCUT2D eigenvalue weighted by Crippen LogP contribution is -2.32. The Morgan fingerprint density at radius 3 is 2.57 bits per heavy atom. The molecule has 4 rings (SSSR count). The summed E-state index contributed by atoms with van der Waals surface area (Å²) in [6.07, 6.45) is 0.977. The highest BCUT2D eigenvalue weighted by molar-refractivity contribution is 7.09. The number of nitrogens with zero attached hydrogens (tertiary/aromatic N) is 2. The number of rotatable bonds is 3. The molecule has 1 saturated heterocycles. The molecule has 2 amide bonds. The zero-order valence-corrected chi connectivity index (χ0v) is 13.5. The molecule has 5 nitrogen and oxygen atoms in total. The lowest BCUT2D eigenvalue weighted by molar-refractivity contribution is 0.0595. The van der Waals surface area contributed by atoms with Crippen molar-refractivity contribution in [1.29, 1.82) is 0 Å². The second-order valence-electron chi connectivity index (χ2n) is 5.87. The Morgan fingerprint density at radius 1 is 1.26 bits per heavy atom. The van der Waals surface area contributed by atoms with E-state index in [1.165, 1.54) is 16.2 Å². The number of amides is 2. The third kappa shape index (κ3) is 2.29. The first-order chi connectivity index (χ1) is 11.2. The number of carbonyl (C=O) groups is 2. The zero-order chi connectivity index (χ0) is 16.0. The van der Waals surface area contributed by atoms with Crippen LogP contribution in [0.4, 0.5) is 0 Å². The number of benzene rings is 1. The van der Waals surface area contributed by atoms with Gasteiger partial charge in [-0.1, -0.05) is 12.1 Å². The molecule has 23 heavy (non-hydrogen) atoms. The lowest BCUT2D eigenvalue weighted by atomic mass is 10.1. The van der Waals surface area contributed by atoms with Crippen molar-refractivity contribution < 1.29 is 14.3 Å². The molecule has 0 aliphatic carbocycles. The minimum atomic E-state index is -0.358. The molecule has 6 heteroatoms. The van der Waals surface area contributed by atoms with E-state index in [4.69, 9.17) is 4.74 Å². The molecule has 0 bridgehead atoms. The van der Waals surface area contributed by atoms with E-state index in [9.17, 15) is 9.59 Å². The maximum absolute atomic E-state index is 12.5. The molecule has 0 saturated carbocycles. The summed E-state index contributed by atoms with van der Waals surface area (Å²) in [7, 11) is 0. The van der Waals surface area contributed by atoms with Crippen LogP contribution in [0.1, 0.15) is 56.7 Å². The van der Waals surface area contributed by atoms with Crippen LogP contribution in [0.25, 0.3) is 0 Å². The van der Waals surface area contributed by atoms with E-state index in [-0.39, 0.29) is 17.9 Å². The van der Waals surface area contributed by atoms with Crippen LogP contribution in [0.5, 0.6) is 0 Å². The highest BCUT2D eigenvalue weighted by atomic mass is 32.1. The summed E-state index contributed by atoms with van der Waals surface area (Å²) in [6.45, 7) is 3.32. The fraction of sp³-hybridized carbons (Fsp3) is 0.353. The van der Waals surface area contributed by atoms with E-state index < -0.39 is 0 Å². The number of thiazole rings is 1. The lowest BCUT2D eigenvalue weighted by Gasteiger charge is -2.20. The van der Waals surface area contributed by atoms with Crippen LogP contribution < -0.4 is 0 Å². The first-order valence-corrected chi connectivity index (χ1v) is 8.54. The van der Waals surface area contributed by atoms with Gasteiger partial charge in [-0.15, -0.1) is 11.3 Å². The van der Waals surface area contributed by atoms with Crippen molar-refractivity contribution >= 4 is 23.2 Å². The van der Waals surface area contributed by atoms with Crippen molar-refractivity contribution in [2.24, 2.45) is 0 Å². The number of imide groups is 1. The normalized spacial score (nSPS) is 21.8. The smallest absolute Gasteiger partial charge is 0.262 e. The molecule has 1 aromatic carbocycles. The van der Waals surface area contributed by atoms with Crippen molar-refractivity contribution in [3.05, 3.63) is 51.5 Å². The van der Waals surface area contributed by atoms with Crippen LogP contribution in [0.3, 0.4) is 0 Å². The topological polar surface area (TPSA) is 59.5 Å². The Kier molecular flexibility index (Phi) is 3.50. The molecular weight excluding hydrogens is 312 g/mol. The first kappa shape index (κ1) is 14.5. The molecule has 1 fully saturated rings. The van der Waals surface area contributed by atoms with Gasteiger partial charge in [0.25, 0.3) is 11.8 Å². The Balaban J connectivity index is 1.61. The molecule has 118 valence electrons. The van der Waals surface area contributed by atoms with Gasteiger partial charge < -0.3 is 4.74 Å². The standard InChI is InChI=1S/C17H16N2O3S/c1-10(15-18-14(9-23-15)11-6-7-22-8-11)19-16(20)12-4-2-3-5-13(12)17(19)21/h2-5,9-11H,6-8H2,1H3. The maximum atomic E-state index is 12.5. The van der Waals surface area contributed by atoms with Gasteiger partial charge in [-0.05, 0) is 25.5 Å². The summed E-state index contributed by atoms with van der Waals surface area (Å²) < 4.78 is 5.40. The summed E-state index contributed by atoms with van der Waals surface area (Å²) in [5.41, 5.74) is 1.96. The quantitative estimate of drug-likeness (QED) is 0.813. The Morgan fingerprint density at radius 2 is 1.96 bits per heavy atom. The molecule has 2 aliphatic heterocycles. The van der Waals surface area contributed by atoms with Crippen LogP contribution in [0, 0.1) is 0 Å². The van der Waals surface area contributed by atoms with E-state index in [0.29, 0.717) is 23.7 Å². The molecule has 0 spiro atoms. The number of aromatic nitrogens is 1. The first-order valence-electron chi connectivity index (χ1n) is 7.67. The van der Waals surface area contributed by atoms with Crippen LogP contribution in [0.2, 0.25) is 0 Å². The van der Waals surface area contributed by atoms with E-state index in [1.807, 2.05) is 12.3 Å². The highest BCUT2D eigenvalue weighted by Gasteiger charge is 2.39. The molecule has 2 atom stereocenters. The third-order valence-corrected chi connectivity index (χ3v) is 5.49. The van der Waals surface area contributed by atoms with Crippen LogP contribution in [-0.4, -0.2) is 34.9 Å². The van der Waals surface area contributed by atoms with E-state index in [1.54, 1.807) is 24.3 Å². The minimum absolute atomic E-state index is 0.237. The van der Waals surface area contributed by atoms with Gasteiger partial charge in [-0.2, -0.15) is 0 Å².